The van der Waals surface area contributed by atoms with Crippen LogP contribution in [0, 0.1) is 10.1 Å². The van der Waals surface area contributed by atoms with Gasteiger partial charge in [0, 0.05) is 44.0 Å². The van der Waals surface area contributed by atoms with E-state index in [-0.39, 0.29) is 16.7 Å². The van der Waals surface area contributed by atoms with E-state index in [4.69, 9.17) is 0 Å². The summed E-state index contributed by atoms with van der Waals surface area (Å²) in [5.41, 5.74) is 2.58. The molecule has 1 N–H and O–H groups in total. The Morgan fingerprint density at radius 3 is 2.20 bits per heavy atom. The average Bonchev–Trinajstić information content (AvgIpc) is 2.88. The number of nitrogens with one attached hydrogen (secondary N) is 1. The highest BCUT2D eigenvalue weighted by molar-refractivity contribution is 7.89. The van der Waals surface area contributed by atoms with Gasteiger partial charge in [-0.1, -0.05) is 48.5 Å². The van der Waals surface area contributed by atoms with Crippen LogP contribution in [-0.2, 0) is 16.4 Å². The number of anilines is 2. The number of sulfonamides is 1. The number of benzene rings is 3. The summed E-state index contributed by atoms with van der Waals surface area (Å²) >= 11 is 0. The van der Waals surface area contributed by atoms with Crippen LogP contribution in [0.15, 0.2) is 83.8 Å². The van der Waals surface area contributed by atoms with Crippen molar-refractivity contribution in [2.24, 2.45) is 0 Å². The minimum absolute atomic E-state index is 0.0330. The van der Waals surface area contributed by atoms with Crippen molar-refractivity contribution in [2.45, 2.75) is 30.7 Å². The van der Waals surface area contributed by atoms with Crippen LogP contribution in [-0.4, -0.2) is 49.9 Å². The average molecular weight is 495 g/mol. The topological polar surface area (TPSA) is 95.8 Å². The molecule has 0 bridgehead atoms. The third-order valence-corrected chi connectivity index (χ3v) is 8.19. The van der Waals surface area contributed by atoms with Gasteiger partial charge in [-0.25, -0.2) is 8.42 Å². The van der Waals surface area contributed by atoms with Gasteiger partial charge in [-0.2, -0.15) is 4.31 Å². The van der Waals surface area contributed by atoms with Crippen molar-refractivity contribution >= 4 is 27.1 Å². The molecule has 0 aliphatic carbocycles. The van der Waals surface area contributed by atoms with Crippen LogP contribution in [0.25, 0.3) is 0 Å². The molecule has 0 radical (unpaired) electrons. The maximum absolute atomic E-state index is 12.9. The van der Waals surface area contributed by atoms with Gasteiger partial charge >= 0.3 is 0 Å². The zero-order valence-corrected chi connectivity index (χ0v) is 20.5. The van der Waals surface area contributed by atoms with Crippen LogP contribution < -0.4 is 10.2 Å². The molecule has 184 valence electrons. The molecule has 0 amide bonds. The molecule has 0 saturated carbocycles. The fourth-order valence-electron chi connectivity index (χ4n) is 4.29. The molecule has 0 spiro atoms. The first kappa shape index (κ1) is 24.7. The molecular weight excluding hydrogens is 464 g/mol. The molecule has 1 atom stereocenters. The molecule has 8 nitrogen and oxygen atoms in total. The van der Waals surface area contributed by atoms with E-state index in [0.717, 1.165) is 18.5 Å². The highest BCUT2D eigenvalue weighted by Gasteiger charge is 2.29. The Kier molecular flexibility index (Phi) is 7.67. The first-order chi connectivity index (χ1) is 16.8. The number of nitro groups is 1. The first-order valence-corrected chi connectivity index (χ1v) is 13.2. The zero-order chi connectivity index (χ0) is 24.8. The summed E-state index contributed by atoms with van der Waals surface area (Å²) in [6.45, 7) is 3.74. The van der Waals surface area contributed by atoms with Gasteiger partial charge in [-0.05, 0) is 49.6 Å². The van der Waals surface area contributed by atoms with Crippen LogP contribution in [0.3, 0.4) is 0 Å². The van der Waals surface area contributed by atoms with Crippen molar-refractivity contribution in [1.29, 1.82) is 0 Å². The normalized spacial score (nSPS) is 15.5. The van der Waals surface area contributed by atoms with Crippen LogP contribution in [0.4, 0.5) is 17.1 Å². The molecule has 1 fully saturated rings. The maximum atomic E-state index is 12.9. The number of aryl methyl sites for hydroxylation is 1. The quantitative estimate of drug-likeness (QED) is 0.347. The summed E-state index contributed by atoms with van der Waals surface area (Å²) in [6.07, 6.45) is 1.71. The van der Waals surface area contributed by atoms with Crippen molar-refractivity contribution in [3.8, 4) is 0 Å². The SMILES string of the molecule is C[C@H](CCc1ccccc1)Nc1cc(N2CCN(S(=O)(=O)c3ccccc3)CC2)ccc1[N+](=O)[O-]. The van der Waals surface area contributed by atoms with Crippen molar-refractivity contribution in [1.82, 2.24) is 4.31 Å². The van der Waals surface area contributed by atoms with Crippen molar-refractivity contribution in [3.05, 3.63) is 94.5 Å². The summed E-state index contributed by atoms with van der Waals surface area (Å²) in [5.74, 6) is 0. The third kappa shape index (κ3) is 5.98. The molecule has 4 rings (SSSR count). The largest absolute Gasteiger partial charge is 0.377 e. The number of hydrogen-bond acceptors (Lipinski definition) is 6. The highest BCUT2D eigenvalue weighted by Crippen LogP contribution is 2.31. The van der Waals surface area contributed by atoms with Crippen molar-refractivity contribution in [2.75, 3.05) is 36.4 Å². The summed E-state index contributed by atoms with van der Waals surface area (Å²) in [5, 5.41) is 15.0. The lowest BCUT2D eigenvalue weighted by atomic mass is 10.1. The predicted molar refractivity (Wildman–Crippen MR) is 138 cm³/mol. The van der Waals surface area contributed by atoms with E-state index in [2.05, 4.69) is 22.3 Å². The van der Waals surface area contributed by atoms with Gasteiger partial charge < -0.3 is 10.2 Å². The van der Waals surface area contributed by atoms with Crippen molar-refractivity contribution < 1.29 is 13.3 Å². The molecular formula is C26H30N4O4S. The molecule has 1 aliphatic heterocycles. The Morgan fingerprint density at radius 1 is 0.943 bits per heavy atom. The van der Waals surface area contributed by atoms with Crippen LogP contribution >= 0.6 is 0 Å². The van der Waals surface area contributed by atoms with E-state index < -0.39 is 10.0 Å². The fraction of sp³-hybridized carbons (Fsp3) is 0.308. The zero-order valence-electron chi connectivity index (χ0n) is 19.7. The fourth-order valence-corrected chi connectivity index (χ4v) is 5.73. The Bertz CT molecular complexity index is 1240. The van der Waals surface area contributed by atoms with Gasteiger partial charge in [-0.3, -0.25) is 10.1 Å². The predicted octanol–water partition coefficient (Wildman–Crippen LogP) is 4.54. The molecule has 0 unspecified atom stereocenters. The molecule has 35 heavy (non-hydrogen) atoms. The van der Waals surface area contributed by atoms with Gasteiger partial charge in [0.05, 0.1) is 9.82 Å². The lowest BCUT2D eigenvalue weighted by Gasteiger charge is -2.35. The summed E-state index contributed by atoms with van der Waals surface area (Å²) in [4.78, 5) is 13.6. The molecule has 3 aromatic carbocycles. The van der Waals surface area contributed by atoms with Crippen molar-refractivity contribution in [3.63, 3.8) is 0 Å². The number of nitro benzene ring substituents is 1. The minimum Gasteiger partial charge on any atom is -0.377 e. The summed E-state index contributed by atoms with van der Waals surface area (Å²) in [7, 11) is -3.53. The molecule has 1 heterocycles. The second-order valence-corrected chi connectivity index (χ2v) is 10.7. The molecule has 3 aromatic rings. The summed E-state index contributed by atoms with van der Waals surface area (Å²) < 4.78 is 27.3. The molecule has 1 saturated heterocycles. The molecule has 9 heteroatoms. The number of nitrogens with zero attached hydrogens (tertiary/aromatic N) is 3. The van der Waals surface area contributed by atoms with Gasteiger partial charge in [0.25, 0.3) is 5.69 Å². The Hall–Kier alpha value is -3.43. The van der Waals surface area contributed by atoms with Gasteiger partial charge in [-0.15, -0.1) is 0 Å². The second kappa shape index (κ2) is 10.9. The van der Waals surface area contributed by atoms with Gasteiger partial charge in [0.1, 0.15) is 5.69 Å². The Morgan fingerprint density at radius 2 is 1.57 bits per heavy atom. The maximum Gasteiger partial charge on any atom is 0.292 e. The van der Waals surface area contributed by atoms with E-state index >= 15 is 0 Å². The lowest BCUT2D eigenvalue weighted by Crippen LogP contribution is -2.48. The van der Waals surface area contributed by atoms with Crippen LogP contribution in [0.1, 0.15) is 18.9 Å². The number of rotatable bonds is 9. The van der Waals surface area contributed by atoms with E-state index in [1.807, 2.05) is 25.1 Å². The Labute approximate surface area is 206 Å². The molecule has 0 aromatic heterocycles. The van der Waals surface area contributed by atoms with Crippen LogP contribution in [0.5, 0.6) is 0 Å². The monoisotopic (exact) mass is 494 g/mol. The minimum atomic E-state index is -3.53. The summed E-state index contributed by atoms with van der Waals surface area (Å²) in [6, 6.07) is 23.7. The van der Waals surface area contributed by atoms with E-state index in [1.54, 1.807) is 42.5 Å². The highest BCUT2D eigenvalue weighted by atomic mass is 32.2. The smallest absolute Gasteiger partial charge is 0.292 e. The van der Waals surface area contributed by atoms with Gasteiger partial charge in [0.2, 0.25) is 10.0 Å². The number of piperazine rings is 1. The van der Waals surface area contributed by atoms with Crippen LogP contribution in [0.2, 0.25) is 0 Å². The van der Waals surface area contributed by atoms with E-state index in [0.29, 0.717) is 36.8 Å². The first-order valence-electron chi connectivity index (χ1n) is 11.7. The van der Waals surface area contributed by atoms with E-state index in [9.17, 15) is 18.5 Å². The second-order valence-electron chi connectivity index (χ2n) is 8.73. The third-order valence-electron chi connectivity index (χ3n) is 6.27. The number of hydrogen-bond donors (Lipinski definition) is 1. The molecule has 1 aliphatic rings. The van der Waals surface area contributed by atoms with Gasteiger partial charge in [0.15, 0.2) is 0 Å². The van der Waals surface area contributed by atoms with E-state index in [1.165, 1.54) is 15.9 Å². The lowest BCUT2D eigenvalue weighted by molar-refractivity contribution is -0.384. The standard InChI is InChI=1S/C26H30N4O4S/c1-21(12-13-22-8-4-2-5-9-22)27-25-20-23(14-15-26(25)30(31)32)28-16-18-29(19-17-28)35(33,34)24-10-6-3-7-11-24/h2-11,14-15,20-21,27H,12-13,16-19H2,1H3/t21-/m1/s1. The Balaban J connectivity index is 1.43.